The van der Waals surface area contributed by atoms with E-state index in [0.717, 1.165) is 18.8 Å². The van der Waals surface area contributed by atoms with Crippen molar-refractivity contribution in [1.82, 2.24) is 15.2 Å². The summed E-state index contributed by atoms with van der Waals surface area (Å²) in [6.45, 7) is 3.03. The van der Waals surface area contributed by atoms with Crippen LogP contribution in [0, 0.1) is 0 Å². The molecule has 3 heterocycles. The molecule has 3 rings (SSSR count). The van der Waals surface area contributed by atoms with Crippen LogP contribution in [0.25, 0.3) is 11.3 Å². The molecule has 2 aromatic rings. The van der Waals surface area contributed by atoms with Crippen molar-refractivity contribution in [1.29, 1.82) is 0 Å². The zero-order chi connectivity index (χ0) is 13.2. The van der Waals surface area contributed by atoms with E-state index in [2.05, 4.69) is 20.1 Å². The number of pyridine rings is 1. The van der Waals surface area contributed by atoms with Crippen molar-refractivity contribution < 1.29 is 4.74 Å². The highest BCUT2D eigenvalue weighted by Gasteiger charge is 2.14. The molecule has 2 aromatic heterocycles. The van der Waals surface area contributed by atoms with Crippen LogP contribution in [0.3, 0.4) is 0 Å². The normalized spacial score (nSPS) is 15.7. The number of morpholine rings is 1. The molecule has 0 saturated carbocycles. The Morgan fingerprint density at radius 1 is 1.32 bits per heavy atom. The van der Waals surface area contributed by atoms with Crippen LogP contribution >= 0.6 is 0 Å². The van der Waals surface area contributed by atoms with E-state index >= 15 is 0 Å². The molecule has 1 aliphatic rings. The lowest BCUT2D eigenvalue weighted by molar-refractivity contribution is 0.122. The van der Waals surface area contributed by atoms with Gasteiger partial charge in [-0.25, -0.2) is 0 Å². The molecule has 0 atom stereocenters. The molecule has 7 nitrogen and oxygen atoms in total. The van der Waals surface area contributed by atoms with Crippen LogP contribution < -0.4 is 16.2 Å². The average Bonchev–Trinajstić information content (AvgIpc) is 2.87. The number of aromatic amines is 2. The number of ether oxygens (including phenoxy) is 1. The van der Waals surface area contributed by atoms with Gasteiger partial charge in [0.05, 0.1) is 30.2 Å². The van der Waals surface area contributed by atoms with Gasteiger partial charge in [-0.15, -0.1) is 0 Å². The van der Waals surface area contributed by atoms with Crippen LogP contribution in [0.4, 0.5) is 11.5 Å². The number of nitrogens with one attached hydrogen (secondary N) is 2. The van der Waals surface area contributed by atoms with E-state index in [-0.39, 0.29) is 5.56 Å². The van der Waals surface area contributed by atoms with Crippen molar-refractivity contribution in [3.8, 4) is 11.3 Å². The summed E-state index contributed by atoms with van der Waals surface area (Å²) >= 11 is 0. The molecule has 0 amide bonds. The minimum Gasteiger partial charge on any atom is -0.382 e. The predicted octanol–water partition coefficient (Wildman–Crippen LogP) is 0.184. The molecular weight excluding hydrogens is 246 g/mol. The summed E-state index contributed by atoms with van der Waals surface area (Å²) in [6, 6.07) is 3.49. The Morgan fingerprint density at radius 3 is 2.79 bits per heavy atom. The van der Waals surface area contributed by atoms with Crippen LogP contribution in [-0.2, 0) is 4.74 Å². The Labute approximate surface area is 109 Å². The van der Waals surface area contributed by atoms with E-state index in [9.17, 15) is 4.79 Å². The Hall–Kier alpha value is -2.28. The van der Waals surface area contributed by atoms with Crippen LogP contribution in [-0.4, -0.2) is 41.5 Å². The summed E-state index contributed by atoms with van der Waals surface area (Å²) < 4.78 is 5.32. The molecule has 1 saturated heterocycles. The molecule has 0 radical (unpaired) electrons. The summed E-state index contributed by atoms with van der Waals surface area (Å²) in [5.41, 5.74) is 7.52. The SMILES string of the molecule is Nc1cc(-c2cc(N3CCOCC3)c[nH]c2=O)[nH]n1. The Bertz CT molecular complexity index is 627. The molecule has 7 heteroatoms. The summed E-state index contributed by atoms with van der Waals surface area (Å²) in [5, 5.41) is 6.60. The summed E-state index contributed by atoms with van der Waals surface area (Å²) in [6.07, 6.45) is 1.72. The third-order valence-electron chi connectivity index (χ3n) is 3.15. The number of rotatable bonds is 2. The van der Waals surface area contributed by atoms with E-state index in [1.807, 2.05) is 6.07 Å². The summed E-state index contributed by atoms with van der Waals surface area (Å²) in [5.74, 6) is 0.367. The molecular formula is C12H15N5O2. The van der Waals surface area contributed by atoms with E-state index < -0.39 is 0 Å². The van der Waals surface area contributed by atoms with Crippen LogP contribution in [0.2, 0.25) is 0 Å². The highest BCUT2D eigenvalue weighted by molar-refractivity contribution is 5.65. The number of aromatic nitrogens is 3. The molecule has 100 valence electrons. The molecule has 1 fully saturated rings. The molecule has 0 aromatic carbocycles. The molecule has 0 unspecified atom stereocenters. The Balaban J connectivity index is 1.98. The first-order valence-electron chi connectivity index (χ1n) is 6.11. The number of H-pyrrole nitrogens is 2. The molecule has 1 aliphatic heterocycles. The van der Waals surface area contributed by atoms with Crippen LogP contribution in [0.1, 0.15) is 0 Å². The van der Waals surface area contributed by atoms with E-state index in [1.165, 1.54) is 0 Å². The second-order valence-electron chi connectivity index (χ2n) is 4.41. The van der Waals surface area contributed by atoms with E-state index in [1.54, 1.807) is 12.3 Å². The highest BCUT2D eigenvalue weighted by Crippen LogP contribution is 2.20. The lowest BCUT2D eigenvalue weighted by Gasteiger charge is -2.28. The minimum atomic E-state index is -0.166. The number of anilines is 2. The number of hydrogen-bond acceptors (Lipinski definition) is 5. The Morgan fingerprint density at radius 2 is 2.11 bits per heavy atom. The van der Waals surface area contributed by atoms with Gasteiger partial charge in [-0.3, -0.25) is 9.89 Å². The Kier molecular flexibility index (Phi) is 2.96. The summed E-state index contributed by atoms with van der Waals surface area (Å²) in [7, 11) is 0. The van der Waals surface area contributed by atoms with Gasteiger partial charge in [0.15, 0.2) is 0 Å². The monoisotopic (exact) mass is 261 g/mol. The van der Waals surface area contributed by atoms with Gasteiger partial charge in [0.1, 0.15) is 5.82 Å². The second-order valence-corrected chi connectivity index (χ2v) is 4.41. The van der Waals surface area contributed by atoms with E-state index in [4.69, 9.17) is 10.5 Å². The van der Waals surface area contributed by atoms with Crippen LogP contribution in [0.15, 0.2) is 23.1 Å². The average molecular weight is 261 g/mol. The standard InChI is InChI=1S/C12H15N5O2/c13-11-6-10(15-16-11)9-5-8(7-14-12(9)18)17-1-3-19-4-2-17/h5-7H,1-4H2,(H,14,18)(H3,13,15,16). The number of hydrogen-bond donors (Lipinski definition) is 3. The molecule has 19 heavy (non-hydrogen) atoms. The second kappa shape index (κ2) is 4.77. The fourth-order valence-electron chi connectivity index (χ4n) is 2.15. The van der Waals surface area contributed by atoms with Gasteiger partial charge in [0, 0.05) is 25.4 Å². The maximum atomic E-state index is 11.9. The van der Waals surface area contributed by atoms with Crippen molar-refractivity contribution in [2.75, 3.05) is 36.9 Å². The first kappa shape index (κ1) is 11.8. The maximum absolute atomic E-state index is 11.9. The quantitative estimate of drug-likeness (QED) is 0.716. The van der Waals surface area contributed by atoms with Gasteiger partial charge in [-0.05, 0) is 6.07 Å². The fourth-order valence-corrected chi connectivity index (χ4v) is 2.15. The van der Waals surface area contributed by atoms with Gasteiger partial charge in [0.25, 0.3) is 5.56 Å². The van der Waals surface area contributed by atoms with E-state index in [0.29, 0.717) is 30.3 Å². The molecule has 0 aliphatic carbocycles. The van der Waals surface area contributed by atoms with Gasteiger partial charge in [-0.2, -0.15) is 5.10 Å². The van der Waals surface area contributed by atoms with Gasteiger partial charge in [-0.1, -0.05) is 0 Å². The molecule has 0 bridgehead atoms. The largest absolute Gasteiger partial charge is 0.382 e. The third-order valence-corrected chi connectivity index (χ3v) is 3.15. The zero-order valence-electron chi connectivity index (χ0n) is 10.3. The third kappa shape index (κ3) is 2.32. The number of nitrogens with zero attached hydrogens (tertiary/aromatic N) is 2. The van der Waals surface area contributed by atoms with Crippen LogP contribution in [0.5, 0.6) is 0 Å². The van der Waals surface area contributed by atoms with Gasteiger partial charge in [0.2, 0.25) is 0 Å². The lowest BCUT2D eigenvalue weighted by atomic mass is 10.2. The lowest BCUT2D eigenvalue weighted by Crippen LogP contribution is -2.36. The smallest absolute Gasteiger partial charge is 0.257 e. The first-order chi connectivity index (χ1) is 9.24. The minimum absolute atomic E-state index is 0.166. The van der Waals surface area contributed by atoms with Crippen molar-refractivity contribution >= 4 is 11.5 Å². The van der Waals surface area contributed by atoms with Gasteiger partial charge >= 0.3 is 0 Å². The predicted molar refractivity (Wildman–Crippen MR) is 72.1 cm³/mol. The molecule has 0 spiro atoms. The van der Waals surface area contributed by atoms with Gasteiger partial charge < -0.3 is 20.4 Å². The summed E-state index contributed by atoms with van der Waals surface area (Å²) in [4.78, 5) is 16.8. The zero-order valence-corrected chi connectivity index (χ0v) is 10.3. The van der Waals surface area contributed by atoms with Crippen molar-refractivity contribution in [2.45, 2.75) is 0 Å². The van der Waals surface area contributed by atoms with Crippen molar-refractivity contribution in [3.05, 3.63) is 28.7 Å². The number of nitrogen functional groups attached to an aromatic ring is 1. The fraction of sp³-hybridized carbons (Fsp3) is 0.333. The highest BCUT2D eigenvalue weighted by atomic mass is 16.5. The van der Waals surface area contributed by atoms with Crippen molar-refractivity contribution in [3.63, 3.8) is 0 Å². The maximum Gasteiger partial charge on any atom is 0.257 e. The van der Waals surface area contributed by atoms with Crippen molar-refractivity contribution in [2.24, 2.45) is 0 Å². The topological polar surface area (TPSA) is 100 Å². The molecule has 4 N–H and O–H groups in total. The first-order valence-corrected chi connectivity index (χ1v) is 6.11. The number of nitrogens with two attached hydrogens (primary N) is 1.